The minimum atomic E-state index is 0.0143. The number of morpholine rings is 1. The highest BCUT2D eigenvalue weighted by Crippen LogP contribution is 2.18. The average molecular weight is 337 g/mol. The van der Waals surface area contributed by atoms with Gasteiger partial charge < -0.3 is 20.7 Å². The van der Waals surface area contributed by atoms with Crippen molar-refractivity contribution in [1.29, 1.82) is 0 Å². The van der Waals surface area contributed by atoms with Crippen LogP contribution in [0.1, 0.15) is 25.1 Å². The number of nitrogens with two attached hydrogens (primary N) is 1. The Morgan fingerprint density at radius 2 is 2.17 bits per heavy atom. The van der Waals surface area contributed by atoms with Gasteiger partial charge in [0.1, 0.15) is 5.82 Å². The third-order valence-corrected chi connectivity index (χ3v) is 4.65. The monoisotopic (exact) mass is 337 g/mol. The second-order valence-corrected chi connectivity index (χ2v) is 6.38. The van der Waals surface area contributed by atoms with Crippen molar-refractivity contribution in [2.75, 3.05) is 51.7 Å². The second-order valence-electron chi connectivity index (χ2n) is 6.38. The highest BCUT2D eigenvalue weighted by atomic mass is 16.5. The average Bonchev–Trinajstić information content (AvgIpc) is 3.01. The molecular formula is C15H27N7O2. The fraction of sp³-hybridized carbons (Fsp3) is 0.800. The van der Waals surface area contributed by atoms with E-state index < -0.39 is 0 Å². The van der Waals surface area contributed by atoms with Crippen molar-refractivity contribution >= 4 is 12.0 Å². The first-order valence-corrected chi connectivity index (χ1v) is 8.73. The van der Waals surface area contributed by atoms with Gasteiger partial charge in [-0.15, -0.1) is 5.10 Å². The summed E-state index contributed by atoms with van der Waals surface area (Å²) in [5.41, 5.74) is 5.47. The van der Waals surface area contributed by atoms with Crippen molar-refractivity contribution in [2.24, 2.45) is 0 Å². The Hall–Kier alpha value is -1.87. The predicted octanol–water partition coefficient (Wildman–Crippen LogP) is -0.174. The molecule has 4 N–H and O–H groups in total. The summed E-state index contributed by atoms with van der Waals surface area (Å²) in [7, 11) is 0. The largest absolute Gasteiger partial charge is 0.379 e. The van der Waals surface area contributed by atoms with E-state index in [0.29, 0.717) is 18.8 Å². The molecule has 3 rings (SSSR count). The minimum absolute atomic E-state index is 0.0143. The number of anilines is 1. The van der Waals surface area contributed by atoms with Gasteiger partial charge in [0.2, 0.25) is 5.95 Å². The molecule has 2 fully saturated rings. The summed E-state index contributed by atoms with van der Waals surface area (Å²) in [5.74, 6) is 0.925. The SMILES string of the molecule is Nc1n[nH]c(CCNC(=O)N2CCCC[C@H]2CN2CCOCC2)n1. The zero-order chi connectivity index (χ0) is 16.8. The van der Waals surface area contributed by atoms with E-state index in [1.807, 2.05) is 4.90 Å². The van der Waals surface area contributed by atoms with Crippen molar-refractivity contribution in [2.45, 2.75) is 31.7 Å². The summed E-state index contributed by atoms with van der Waals surface area (Å²) >= 11 is 0. The molecule has 0 aliphatic carbocycles. The number of aromatic nitrogens is 3. The van der Waals surface area contributed by atoms with Gasteiger partial charge in [0.15, 0.2) is 0 Å². The Morgan fingerprint density at radius 3 is 2.92 bits per heavy atom. The summed E-state index contributed by atoms with van der Waals surface area (Å²) in [6, 6.07) is 0.304. The van der Waals surface area contributed by atoms with Crippen LogP contribution in [0.5, 0.6) is 0 Å². The van der Waals surface area contributed by atoms with E-state index in [9.17, 15) is 4.79 Å². The van der Waals surface area contributed by atoms with Crippen molar-refractivity contribution in [3.63, 3.8) is 0 Å². The van der Waals surface area contributed by atoms with Crippen LogP contribution in [0.25, 0.3) is 0 Å². The van der Waals surface area contributed by atoms with E-state index in [-0.39, 0.29) is 18.0 Å². The number of nitrogens with zero attached hydrogens (tertiary/aromatic N) is 4. The molecule has 0 unspecified atom stereocenters. The van der Waals surface area contributed by atoms with Gasteiger partial charge in [0, 0.05) is 45.2 Å². The van der Waals surface area contributed by atoms with E-state index >= 15 is 0 Å². The molecule has 0 spiro atoms. The number of aromatic amines is 1. The van der Waals surface area contributed by atoms with Crippen LogP contribution >= 0.6 is 0 Å². The normalized spacial score (nSPS) is 22.5. The van der Waals surface area contributed by atoms with Gasteiger partial charge in [-0.2, -0.15) is 4.98 Å². The molecule has 1 atom stereocenters. The number of hydrogen-bond donors (Lipinski definition) is 3. The third-order valence-electron chi connectivity index (χ3n) is 4.65. The molecule has 2 saturated heterocycles. The molecule has 0 bridgehead atoms. The first-order valence-electron chi connectivity index (χ1n) is 8.73. The maximum Gasteiger partial charge on any atom is 0.317 e. The minimum Gasteiger partial charge on any atom is -0.379 e. The van der Waals surface area contributed by atoms with E-state index in [1.54, 1.807) is 0 Å². The molecular weight excluding hydrogens is 310 g/mol. The molecule has 1 aromatic rings. The second kappa shape index (κ2) is 8.29. The van der Waals surface area contributed by atoms with Gasteiger partial charge in [0.05, 0.1) is 13.2 Å². The zero-order valence-electron chi connectivity index (χ0n) is 14.0. The standard InChI is InChI=1S/C15H27N7O2/c16-14-18-13(19-20-14)4-5-17-15(23)22-6-2-1-3-12(22)11-21-7-9-24-10-8-21/h12H,1-11H2,(H,17,23)(H3,16,18,19,20)/t12-/m0/s1. The Kier molecular flexibility index (Phi) is 5.86. The lowest BCUT2D eigenvalue weighted by atomic mass is 10.0. The van der Waals surface area contributed by atoms with Crippen LogP contribution in [0.2, 0.25) is 0 Å². The van der Waals surface area contributed by atoms with Crippen LogP contribution in [0.15, 0.2) is 0 Å². The van der Waals surface area contributed by atoms with E-state index in [1.165, 1.54) is 6.42 Å². The van der Waals surface area contributed by atoms with Crippen LogP contribution < -0.4 is 11.1 Å². The Morgan fingerprint density at radius 1 is 1.33 bits per heavy atom. The van der Waals surface area contributed by atoms with Crippen LogP contribution in [0.4, 0.5) is 10.7 Å². The number of likely N-dealkylation sites (tertiary alicyclic amines) is 1. The van der Waals surface area contributed by atoms with Gasteiger partial charge in [-0.05, 0) is 19.3 Å². The number of piperidine rings is 1. The summed E-state index contributed by atoms with van der Waals surface area (Å²) in [5, 5.41) is 9.53. The third kappa shape index (κ3) is 4.57. The fourth-order valence-electron chi connectivity index (χ4n) is 3.35. The van der Waals surface area contributed by atoms with Crippen LogP contribution in [-0.2, 0) is 11.2 Å². The lowest BCUT2D eigenvalue weighted by Crippen LogP contribution is -2.54. The topological polar surface area (TPSA) is 112 Å². The van der Waals surface area contributed by atoms with E-state index in [4.69, 9.17) is 10.5 Å². The first kappa shape index (κ1) is 17.0. The Bertz CT molecular complexity index is 530. The number of ether oxygens (including phenoxy) is 1. The Balaban J connectivity index is 1.47. The molecule has 2 aliphatic rings. The highest BCUT2D eigenvalue weighted by molar-refractivity contribution is 5.74. The zero-order valence-corrected chi connectivity index (χ0v) is 14.0. The lowest BCUT2D eigenvalue weighted by Gasteiger charge is -2.39. The van der Waals surface area contributed by atoms with E-state index in [2.05, 4.69) is 25.4 Å². The van der Waals surface area contributed by atoms with Crippen molar-refractivity contribution in [3.05, 3.63) is 5.82 Å². The number of urea groups is 1. The Labute approximate surface area is 141 Å². The summed E-state index contributed by atoms with van der Waals surface area (Å²) in [4.78, 5) is 21.0. The summed E-state index contributed by atoms with van der Waals surface area (Å²) < 4.78 is 5.40. The van der Waals surface area contributed by atoms with Crippen molar-refractivity contribution in [1.82, 2.24) is 30.3 Å². The number of nitrogens with one attached hydrogen (secondary N) is 2. The van der Waals surface area contributed by atoms with Crippen LogP contribution in [-0.4, -0.2) is 83.0 Å². The van der Waals surface area contributed by atoms with Gasteiger partial charge >= 0.3 is 6.03 Å². The smallest absolute Gasteiger partial charge is 0.317 e. The summed E-state index contributed by atoms with van der Waals surface area (Å²) in [6.07, 6.45) is 3.93. The molecule has 2 amide bonds. The highest BCUT2D eigenvalue weighted by Gasteiger charge is 2.28. The fourth-order valence-corrected chi connectivity index (χ4v) is 3.35. The molecule has 1 aromatic heterocycles. The molecule has 0 saturated carbocycles. The molecule has 9 nitrogen and oxygen atoms in total. The van der Waals surface area contributed by atoms with Crippen molar-refractivity contribution < 1.29 is 9.53 Å². The van der Waals surface area contributed by atoms with Gasteiger partial charge in [-0.1, -0.05) is 0 Å². The molecule has 134 valence electrons. The van der Waals surface area contributed by atoms with Gasteiger partial charge in [-0.3, -0.25) is 10.00 Å². The number of carbonyl (C=O) groups excluding carboxylic acids is 1. The molecule has 0 radical (unpaired) electrons. The first-order chi connectivity index (χ1) is 11.7. The van der Waals surface area contributed by atoms with Gasteiger partial charge in [-0.25, -0.2) is 4.79 Å². The predicted molar refractivity (Wildman–Crippen MR) is 89.5 cm³/mol. The number of H-pyrrole nitrogens is 1. The number of amides is 2. The lowest BCUT2D eigenvalue weighted by molar-refractivity contribution is 0.0221. The van der Waals surface area contributed by atoms with Crippen LogP contribution in [0, 0.1) is 0 Å². The number of nitrogen functional groups attached to an aromatic ring is 1. The molecule has 3 heterocycles. The van der Waals surface area contributed by atoms with E-state index in [0.717, 1.165) is 52.2 Å². The molecule has 2 aliphatic heterocycles. The number of hydrogen-bond acceptors (Lipinski definition) is 6. The number of rotatable bonds is 5. The summed E-state index contributed by atoms with van der Waals surface area (Å²) in [6.45, 7) is 5.79. The van der Waals surface area contributed by atoms with Crippen LogP contribution in [0.3, 0.4) is 0 Å². The molecule has 0 aromatic carbocycles. The molecule has 24 heavy (non-hydrogen) atoms. The molecule has 9 heteroatoms. The van der Waals surface area contributed by atoms with Crippen molar-refractivity contribution in [3.8, 4) is 0 Å². The number of carbonyl (C=O) groups is 1. The maximum atomic E-state index is 12.5. The maximum absolute atomic E-state index is 12.5. The van der Waals surface area contributed by atoms with Gasteiger partial charge in [0.25, 0.3) is 0 Å². The quantitative estimate of drug-likeness (QED) is 0.687.